The SMILES string of the molecule is CCCC(COC)NC(=S)NC(C)COC. The molecule has 0 radical (unpaired) electrons. The Balaban J connectivity index is 3.88. The normalized spacial score (nSPS) is 14.2. The van der Waals surface area contributed by atoms with Gasteiger partial charge in [-0.05, 0) is 25.6 Å². The Hall–Kier alpha value is -0.390. The number of nitrogens with one attached hydrogen (secondary N) is 2. The van der Waals surface area contributed by atoms with Gasteiger partial charge in [-0.25, -0.2) is 0 Å². The molecular formula is C11H24N2O2S. The van der Waals surface area contributed by atoms with Gasteiger partial charge in [0, 0.05) is 20.3 Å². The second kappa shape index (κ2) is 9.81. The molecular weight excluding hydrogens is 224 g/mol. The van der Waals surface area contributed by atoms with Crippen molar-refractivity contribution >= 4 is 17.3 Å². The Morgan fingerprint density at radius 2 is 1.81 bits per heavy atom. The first kappa shape index (κ1) is 15.6. The smallest absolute Gasteiger partial charge is 0.166 e. The van der Waals surface area contributed by atoms with E-state index in [1.165, 1.54) is 0 Å². The van der Waals surface area contributed by atoms with E-state index in [4.69, 9.17) is 21.7 Å². The fourth-order valence-corrected chi connectivity index (χ4v) is 1.86. The summed E-state index contributed by atoms with van der Waals surface area (Å²) in [5.74, 6) is 0. The van der Waals surface area contributed by atoms with E-state index >= 15 is 0 Å². The minimum absolute atomic E-state index is 0.217. The molecule has 0 rings (SSSR count). The lowest BCUT2D eigenvalue weighted by molar-refractivity contribution is 0.167. The molecule has 0 fully saturated rings. The van der Waals surface area contributed by atoms with Crippen molar-refractivity contribution < 1.29 is 9.47 Å². The molecule has 0 aliphatic rings. The Kier molecular flexibility index (Phi) is 9.57. The standard InChI is InChI=1S/C11H24N2O2S/c1-5-6-10(8-15-4)13-11(16)12-9(2)7-14-3/h9-10H,5-8H2,1-4H3,(H2,12,13,16). The molecule has 0 bridgehead atoms. The molecule has 0 aromatic rings. The molecule has 5 heteroatoms. The third-order valence-electron chi connectivity index (χ3n) is 2.13. The van der Waals surface area contributed by atoms with Crippen LogP contribution in [0.25, 0.3) is 0 Å². The number of ether oxygens (including phenoxy) is 2. The van der Waals surface area contributed by atoms with Crippen LogP contribution in [0.2, 0.25) is 0 Å². The van der Waals surface area contributed by atoms with Crippen LogP contribution in [0.5, 0.6) is 0 Å². The van der Waals surface area contributed by atoms with Gasteiger partial charge in [0.05, 0.1) is 19.3 Å². The van der Waals surface area contributed by atoms with Gasteiger partial charge in [0.2, 0.25) is 0 Å². The van der Waals surface area contributed by atoms with Gasteiger partial charge in [-0.15, -0.1) is 0 Å². The number of rotatable bonds is 8. The van der Waals surface area contributed by atoms with Crippen LogP contribution in [0.3, 0.4) is 0 Å². The Morgan fingerprint density at radius 3 is 2.31 bits per heavy atom. The van der Waals surface area contributed by atoms with E-state index in [0.717, 1.165) is 12.8 Å². The summed E-state index contributed by atoms with van der Waals surface area (Å²) in [6.45, 7) is 5.50. The molecule has 0 aromatic heterocycles. The molecule has 96 valence electrons. The van der Waals surface area contributed by atoms with Crippen molar-refractivity contribution in [3.63, 3.8) is 0 Å². The number of hydrogen-bond donors (Lipinski definition) is 2. The zero-order valence-electron chi connectivity index (χ0n) is 10.7. The summed E-state index contributed by atoms with van der Waals surface area (Å²) in [4.78, 5) is 0. The van der Waals surface area contributed by atoms with E-state index in [1.807, 2.05) is 6.92 Å². The molecule has 0 spiro atoms. The maximum atomic E-state index is 5.22. The average molecular weight is 248 g/mol. The van der Waals surface area contributed by atoms with E-state index in [9.17, 15) is 0 Å². The van der Waals surface area contributed by atoms with Crippen LogP contribution >= 0.6 is 12.2 Å². The molecule has 0 aliphatic carbocycles. The highest BCUT2D eigenvalue weighted by Gasteiger charge is 2.10. The minimum Gasteiger partial charge on any atom is -0.383 e. The van der Waals surface area contributed by atoms with Crippen LogP contribution in [0.15, 0.2) is 0 Å². The zero-order chi connectivity index (χ0) is 12.4. The summed E-state index contributed by atoms with van der Waals surface area (Å²) in [5, 5.41) is 7.08. The number of thiocarbonyl (C=S) groups is 1. The van der Waals surface area contributed by atoms with Crippen molar-refractivity contribution in [1.29, 1.82) is 0 Å². The third-order valence-corrected chi connectivity index (χ3v) is 2.37. The average Bonchev–Trinajstić information content (AvgIpc) is 2.18. The zero-order valence-corrected chi connectivity index (χ0v) is 11.5. The van der Waals surface area contributed by atoms with Gasteiger partial charge < -0.3 is 20.1 Å². The van der Waals surface area contributed by atoms with E-state index in [1.54, 1.807) is 14.2 Å². The highest BCUT2D eigenvalue weighted by Crippen LogP contribution is 1.97. The Bertz CT molecular complexity index is 185. The monoisotopic (exact) mass is 248 g/mol. The van der Waals surface area contributed by atoms with Gasteiger partial charge in [-0.1, -0.05) is 13.3 Å². The summed E-state index contributed by atoms with van der Waals surface area (Å²) in [6.07, 6.45) is 2.16. The van der Waals surface area contributed by atoms with Gasteiger partial charge in [0.15, 0.2) is 5.11 Å². The molecule has 0 saturated heterocycles. The molecule has 4 nitrogen and oxygen atoms in total. The molecule has 16 heavy (non-hydrogen) atoms. The predicted octanol–water partition coefficient (Wildman–Crippen LogP) is 1.30. The maximum Gasteiger partial charge on any atom is 0.166 e. The summed E-state index contributed by atoms with van der Waals surface area (Å²) >= 11 is 5.22. The molecule has 0 heterocycles. The molecule has 0 amide bonds. The Labute approximate surface area is 104 Å². The fourth-order valence-electron chi connectivity index (χ4n) is 1.49. The van der Waals surface area contributed by atoms with E-state index < -0.39 is 0 Å². The molecule has 0 aromatic carbocycles. The van der Waals surface area contributed by atoms with Gasteiger partial charge >= 0.3 is 0 Å². The van der Waals surface area contributed by atoms with Crippen molar-refractivity contribution in [2.75, 3.05) is 27.4 Å². The van der Waals surface area contributed by atoms with Gasteiger partial charge in [0.25, 0.3) is 0 Å². The van der Waals surface area contributed by atoms with Gasteiger partial charge in [-0.3, -0.25) is 0 Å². The van der Waals surface area contributed by atoms with E-state index in [2.05, 4.69) is 17.6 Å². The number of methoxy groups -OCH3 is 2. The molecule has 2 N–H and O–H groups in total. The largest absolute Gasteiger partial charge is 0.383 e. The first-order valence-corrected chi connectivity index (χ1v) is 6.09. The van der Waals surface area contributed by atoms with Crippen LogP contribution in [0.1, 0.15) is 26.7 Å². The maximum absolute atomic E-state index is 5.22. The quantitative estimate of drug-likeness (QED) is 0.634. The predicted molar refractivity (Wildman–Crippen MR) is 70.8 cm³/mol. The van der Waals surface area contributed by atoms with Crippen molar-refractivity contribution in [2.24, 2.45) is 0 Å². The van der Waals surface area contributed by atoms with E-state index in [0.29, 0.717) is 18.3 Å². The summed E-state index contributed by atoms with van der Waals surface area (Å²) in [5.41, 5.74) is 0. The Morgan fingerprint density at radius 1 is 1.19 bits per heavy atom. The van der Waals surface area contributed by atoms with Crippen LogP contribution in [0.4, 0.5) is 0 Å². The van der Waals surface area contributed by atoms with Crippen molar-refractivity contribution in [2.45, 2.75) is 38.8 Å². The van der Waals surface area contributed by atoms with Crippen molar-refractivity contribution in [1.82, 2.24) is 10.6 Å². The van der Waals surface area contributed by atoms with Crippen molar-refractivity contribution in [3.8, 4) is 0 Å². The van der Waals surface area contributed by atoms with Crippen LogP contribution in [-0.2, 0) is 9.47 Å². The van der Waals surface area contributed by atoms with Crippen molar-refractivity contribution in [3.05, 3.63) is 0 Å². The summed E-state index contributed by atoms with van der Waals surface area (Å²) in [6, 6.07) is 0.500. The first-order chi connectivity index (χ1) is 7.63. The first-order valence-electron chi connectivity index (χ1n) is 5.68. The van der Waals surface area contributed by atoms with E-state index in [-0.39, 0.29) is 12.1 Å². The molecule has 0 saturated carbocycles. The fraction of sp³-hybridized carbons (Fsp3) is 0.909. The van der Waals surface area contributed by atoms with Crippen LogP contribution < -0.4 is 10.6 Å². The van der Waals surface area contributed by atoms with Crippen LogP contribution in [-0.4, -0.2) is 44.6 Å². The second-order valence-electron chi connectivity index (χ2n) is 3.92. The van der Waals surface area contributed by atoms with Gasteiger partial charge in [-0.2, -0.15) is 0 Å². The highest BCUT2D eigenvalue weighted by atomic mass is 32.1. The second-order valence-corrected chi connectivity index (χ2v) is 4.32. The summed E-state index contributed by atoms with van der Waals surface area (Å²) < 4.78 is 10.2. The van der Waals surface area contributed by atoms with Gasteiger partial charge in [0.1, 0.15) is 0 Å². The van der Waals surface area contributed by atoms with Crippen LogP contribution in [0, 0.1) is 0 Å². The highest BCUT2D eigenvalue weighted by molar-refractivity contribution is 7.80. The lowest BCUT2D eigenvalue weighted by Gasteiger charge is -2.22. The number of hydrogen-bond acceptors (Lipinski definition) is 3. The molecule has 2 atom stereocenters. The summed E-state index contributed by atoms with van der Waals surface area (Å²) in [7, 11) is 3.38. The lowest BCUT2D eigenvalue weighted by atomic mass is 10.2. The lowest BCUT2D eigenvalue weighted by Crippen LogP contribution is -2.47. The minimum atomic E-state index is 0.217. The third kappa shape index (κ3) is 7.84. The molecule has 0 aliphatic heterocycles. The topological polar surface area (TPSA) is 42.5 Å². The molecule has 2 unspecified atom stereocenters.